The summed E-state index contributed by atoms with van der Waals surface area (Å²) in [6.07, 6.45) is -0.0483. The third kappa shape index (κ3) is 3.69. The SMILES string of the molecule is CCN1C(=O)C[C@@H](C(C(C)=O)C(=O)SC(C)(C)C)C1=O. The van der Waals surface area contributed by atoms with Gasteiger partial charge in [-0.05, 0) is 13.8 Å². The van der Waals surface area contributed by atoms with Gasteiger partial charge in [0, 0.05) is 17.7 Å². The van der Waals surface area contributed by atoms with E-state index in [4.69, 9.17) is 0 Å². The molecule has 0 aromatic rings. The molecular formula is C14H21NO4S. The summed E-state index contributed by atoms with van der Waals surface area (Å²) in [4.78, 5) is 49.1. The van der Waals surface area contributed by atoms with Crippen LogP contribution in [-0.4, -0.2) is 38.9 Å². The number of nitrogens with zero attached hydrogens (tertiary/aromatic N) is 1. The van der Waals surface area contributed by atoms with E-state index in [9.17, 15) is 19.2 Å². The van der Waals surface area contributed by atoms with Crippen molar-refractivity contribution in [2.24, 2.45) is 11.8 Å². The van der Waals surface area contributed by atoms with Gasteiger partial charge in [0.2, 0.25) is 16.9 Å². The monoisotopic (exact) mass is 299 g/mol. The number of rotatable bonds is 4. The minimum Gasteiger partial charge on any atom is -0.299 e. The van der Waals surface area contributed by atoms with Gasteiger partial charge in [0.15, 0.2) is 0 Å². The normalized spacial score (nSPS) is 21.2. The lowest BCUT2D eigenvalue weighted by atomic mass is 9.89. The molecule has 0 bridgehead atoms. The highest BCUT2D eigenvalue weighted by molar-refractivity contribution is 8.14. The van der Waals surface area contributed by atoms with Crippen LogP contribution in [0.4, 0.5) is 0 Å². The van der Waals surface area contributed by atoms with Gasteiger partial charge < -0.3 is 0 Å². The second kappa shape index (κ2) is 6.08. The molecule has 0 saturated carbocycles. The van der Waals surface area contributed by atoms with Crippen LogP contribution >= 0.6 is 11.8 Å². The summed E-state index contributed by atoms with van der Waals surface area (Å²) < 4.78 is -0.332. The summed E-state index contributed by atoms with van der Waals surface area (Å²) in [6, 6.07) is 0. The van der Waals surface area contributed by atoms with Crippen molar-refractivity contribution in [2.75, 3.05) is 6.54 Å². The molecule has 6 heteroatoms. The molecular weight excluding hydrogens is 278 g/mol. The summed E-state index contributed by atoms with van der Waals surface area (Å²) in [5.74, 6) is -2.91. The van der Waals surface area contributed by atoms with Crippen molar-refractivity contribution in [1.82, 2.24) is 4.90 Å². The van der Waals surface area contributed by atoms with Gasteiger partial charge in [0.05, 0.1) is 11.8 Å². The van der Waals surface area contributed by atoms with Crippen LogP contribution in [0.5, 0.6) is 0 Å². The Morgan fingerprint density at radius 3 is 2.25 bits per heavy atom. The van der Waals surface area contributed by atoms with Crippen molar-refractivity contribution in [2.45, 2.75) is 45.8 Å². The van der Waals surface area contributed by atoms with Gasteiger partial charge in [-0.1, -0.05) is 32.5 Å². The molecule has 1 rings (SSSR count). The number of Topliss-reactive ketones (excluding diaryl/α,β-unsaturated/α-hetero) is 1. The first-order valence-electron chi connectivity index (χ1n) is 6.66. The van der Waals surface area contributed by atoms with Gasteiger partial charge in [-0.25, -0.2) is 0 Å². The fraction of sp³-hybridized carbons (Fsp3) is 0.714. The van der Waals surface area contributed by atoms with Gasteiger partial charge in [-0.15, -0.1) is 0 Å². The summed E-state index contributed by atoms with van der Waals surface area (Å²) >= 11 is 1.05. The highest BCUT2D eigenvalue weighted by Gasteiger charge is 2.47. The van der Waals surface area contributed by atoms with E-state index in [0.29, 0.717) is 0 Å². The summed E-state index contributed by atoms with van der Waals surface area (Å²) in [7, 11) is 0. The van der Waals surface area contributed by atoms with Gasteiger partial charge in [0.1, 0.15) is 5.78 Å². The van der Waals surface area contributed by atoms with Crippen LogP contribution in [0.2, 0.25) is 0 Å². The minimum atomic E-state index is -1.02. The Balaban J connectivity index is 2.99. The number of carbonyl (C=O) groups is 4. The van der Waals surface area contributed by atoms with Crippen LogP contribution in [0.1, 0.15) is 41.0 Å². The van der Waals surface area contributed by atoms with E-state index in [1.54, 1.807) is 6.92 Å². The first-order valence-corrected chi connectivity index (χ1v) is 7.47. The average molecular weight is 299 g/mol. The quantitative estimate of drug-likeness (QED) is 0.583. The Morgan fingerprint density at radius 1 is 1.35 bits per heavy atom. The van der Waals surface area contributed by atoms with Crippen molar-refractivity contribution in [3.63, 3.8) is 0 Å². The van der Waals surface area contributed by atoms with Crippen molar-refractivity contribution in [3.8, 4) is 0 Å². The Morgan fingerprint density at radius 2 is 1.90 bits per heavy atom. The second-order valence-corrected chi connectivity index (χ2v) is 7.74. The zero-order chi connectivity index (χ0) is 15.7. The number of imide groups is 1. The lowest BCUT2D eigenvalue weighted by Crippen LogP contribution is -2.37. The van der Waals surface area contributed by atoms with E-state index >= 15 is 0 Å². The highest BCUT2D eigenvalue weighted by atomic mass is 32.2. The molecule has 1 saturated heterocycles. The maximum absolute atomic E-state index is 12.3. The predicted molar refractivity (Wildman–Crippen MR) is 77.0 cm³/mol. The molecule has 1 heterocycles. The van der Waals surface area contributed by atoms with Crippen molar-refractivity contribution >= 4 is 34.5 Å². The third-order valence-electron chi connectivity index (χ3n) is 3.10. The van der Waals surface area contributed by atoms with Crippen LogP contribution in [0.25, 0.3) is 0 Å². The Hall–Kier alpha value is -1.17. The molecule has 0 aromatic heterocycles. The predicted octanol–water partition coefficient (Wildman–Crippen LogP) is 1.64. The Labute approximate surface area is 123 Å². The zero-order valence-electron chi connectivity index (χ0n) is 12.6. The first kappa shape index (κ1) is 16.9. The van der Waals surface area contributed by atoms with Crippen LogP contribution in [0, 0.1) is 11.8 Å². The number of carbonyl (C=O) groups excluding carboxylic acids is 4. The average Bonchev–Trinajstić information content (AvgIpc) is 2.51. The maximum atomic E-state index is 12.3. The van der Waals surface area contributed by atoms with Gasteiger partial charge in [0.25, 0.3) is 0 Å². The van der Waals surface area contributed by atoms with Crippen LogP contribution in [0.3, 0.4) is 0 Å². The number of hydrogen-bond acceptors (Lipinski definition) is 5. The van der Waals surface area contributed by atoms with Gasteiger partial charge in [-0.3, -0.25) is 24.1 Å². The van der Waals surface area contributed by atoms with Crippen LogP contribution < -0.4 is 0 Å². The molecule has 1 aliphatic rings. The molecule has 0 aromatic carbocycles. The molecule has 112 valence electrons. The smallest absolute Gasteiger partial charge is 0.234 e. The molecule has 0 radical (unpaired) electrons. The van der Waals surface area contributed by atoms with Crippen LogP contribution in [0.15, 0.2) is 0 Å². The number of amides is 2. The molecule has 1 fully saturated rings. The van der Waals surface area contributed by atoms with E-state index in [0.717, 1.165) is 16.7 Å². The highest BCUT2D eigenvalue weighted by Crippen LogP contribution is 2.34. The number of hydrogen-bond donors (Lipinski definition) is 0. The molecule has 20 heavy (non-hydrogen) atoms. The topological polar surface area (TPSA) is 71.5 Å². The standard InChI is InChI=1S/C14H21NO4S/c1-6-15-10(17)7-9(12(15)18)11(8(2)16)13(19)20-14(3,4)5/h9,11H,6-7H2,1-5H3/t9-,11?/m0/s1. The molecule has 1 unspecified atom stereocenters. The molecule has 0 aliphatic carbocycles. The van der Waals surface area contributed by atoms with E-state index in [2.05, 4.69) is 0 Å². The molecule has 0 spiro atoms. The molecule has 0 N–H and O–H groups in total. The fourth-order valence-corrected chi connectivity index (χ4v) is 3.34. The maximum Gasteiger partial charge on any atom is 0.234 e. The number of likely N-dealkylation sites (tertiary alicyclic amines) is 1. The third-order valence-corrected chi connectivity index (χ3v) is 4.16. The van der Waals surface area contributed by atoms with E-state index < -0.39 is 17.7 Å². The van der Waals surface area contributed by atoms with Gasteiger partial charge >= 0.3 is 0 Å². The molecule has 5 nitrogen and oxygen atoms in total. The first-order chi connectivity index (χ1) is 9.08. The minimum absolute atomic E-state index is 0.0483. The van der Waals surface area contributed by atoms with E-state index in [1.807, 2.05) is 20.8 Å². The van der Waals surface area contributed by atoms with Crippen molar-refractivity contribution < 1.29 is 19.2 Å². The molecule has 2 atom stereocenters. The number of ketones is 1. The Kier molecular flexibility index (Phi) is 5.13. The largest absolute Gasteiger partial charge is 0.299 e. The van der Waals surface area contributed by atoms with Crippen molar-refractivity contribution in [1.29, 1.82) is 0 Å². The fourth-order valence-electron chi connectivity index (χ4n) is 2.28. The van der Waals surface area contributed by atoms with Crippen molar-refractivity contribution in [3.05, 3.63) is 0 Å². The summed E-state index contributed by atoms with van der Waals surface area (Å²) in [6.45, 7) is 8.89. The number of thioether (sulfide) groups is 1. The summed E-state index contributed by atoms with van der Waals surface area (Å²) in [5, 5.41) is -0.325. The van der Waals surface area contributed by atoms with Gasteiger partial charge in [-0.2, -0.15) is 0 Å². The van der Waals surface area contributed by atoms with E-state index in [-0.39, 0.29) is 34.5 Å². The van der Waals surface area contributed by atoms with Crippen LogP contribution in [-0.2, 0) is 19.2 Å². The lowest BCUT2D eigenvalue weighted by molar-refractivity contribution is -0.142. The summed E-state index contributed by atoms with van der Waals surface area (Å²) in [5.41, 5.74) is 0. The molecule has 1 aliphatic heterocycles. The zero-order valence-corrected chi connectivity index (χ0v) is 13.4. The Bertz CT molecular complexity index is 453. The molecule has 2 amide bonds. The lowest BCUT2D eigenvalue weighted by Gasteiger charge is -2.22. The second-order valence-electron chi connectivity index (χ2n) is 5.91. The van der Waals surface area contributed by atoms with E-state index in [1.165, 1.54) is 6.92 Å².